The van der Waals surface area contributed by atoms with Crippen LogP contribution in [0.25, 0.3) is 0 Å². The summed E-state index contributed by atoms with van der Waals surface area (Å²) in [6.07, 6.45) is 1.76. The summed E-state index contributed by atoms with van der Waals surface area (Å²) in [5.74, 6) is 0.758. The van der Waals surface area contributed by atoms with Crippen molar-refractivity contribution in [3.05, 3.63) is 51.6 Å². The molecule has 1 N–H and O–H groups in total. The fourth-order valence-corrected chi connectivity index (χ4v) is 1.91. The summed E-state index contributed by atoms with van der Waals surface area (Å²) in [5, 5.41) is 12.2. The third-order valence-electron chi connectivity index (χ3n) is 2.70. The highest BCUT2D eigenvalue weighted by Gasteiger charge is 2.06. The monoisotopic (exact) mass is 301 g/mol. The van der Waals surface area contributed by atoms with E-state index in [9.17, 15) is 0 Å². The number of hydrogen-bond acceptors (Lipinski definition) is 3. The maximum absolute atomic E-state index is 8.92. The van der Waals surface area contributed by atoms with Gasteiger partial charge in [0.2, 0.25) is 0 Å². The third kappa shape index (κ3) is 2.52. The normalized spacial score (nSPS) is 9.89. The first-order valence-corrected chi connectivity index (χ1v) is 6.30. The summed E-state index contributed by atoms with van der Waals surface area (Å²) in [5.41, 5.74) is 3.71. The second kappa shape index (κ2) is 5.19. The largest absolute Gasteiger partial charge is 0.339 e. The number of nitriles is 1. The Hall–Kier alpha value is -1.86. The van der Waals surface area contributed by atoms with Gasteiger partial charge in [0.25, 0.3) is 0 Å². The number of pyridine rings is 1. The summed E-state index contributed by atoms with van der Waals surface area (Å²) in [7, 11) is 0. The van der Waals surface area contributed by atoms with Crippen molar-refractivity contribution in [1.82, 2.24) is 4.98 Å². The molecule has 0 amide bonds. The van der Waals surface area contributed by atoms with Gasteiger partial charge in [-0.2, -0.15) is 5.26 Å². The molecule has 1 aromatic heterocycles. The van der Waals surface area contributed by atoms with E-state index in [2.05, 4.69) is 32.3 Å². The number of benzene rings is 1. The quantitative estimate of drug-likeness (QED) is 0.909. The second-order valence-corrected chi connectivity index (χ2v) is 4.85. The molecule has 0 spiro atoms. The highest BCUT2D eigenvalue weighted by molar-refractivity contribution is 9.10. The van der Waals surface area contributed by atoms with E-state index < -0.39 is 0 Å². The molecule has 1 heterocycles. The average molecular weight is 302 g/mol. The fourth-order valence-electron chi connectivity index (χ4n) is 1.58. The number of aromatic nitrogens is 1. The van der Waals surface area contributed by atoms with Gasteiger partial charge in [-0.05, 0) is 59.1 Å². The topological polar surface area (TPSA) is 48.7 Å². The minimum atomic E-state index is 0.631. The molecule has 0 atom stereocenters. The molecular weight excluding hydrogens is 290 g/mol. The van der Waals surface area contributed by atoms with Crippen LogP contribution in [0, 0.1) is 25.2 Å². The summed E-state index contributed by atoms with van der Waals surface area (Å²) in [4.78, 5) is 4.29. The molecule has 0 saturated carbocycles. The van der Waals surface area contributed by atoms with E-state index in [-0.39, 0.29) is 0 Å². The molecule has 0 aliphatic rings. The Labute approximate surface area is 115 Å². The lowest BCUT2D eigenvalue weighted by molar-refractivity contribution is 1.24. The van der Waals surface area contributed by atoms with Crippen LogP contribution in [-0.2, 0) is 0 Å². The van der Waals surface area contributed by atoms with Crippen LogP contribution in [0.3, 0.4) is 0 Å². The van der Waals surface area contributed by atoms with Crippen LogP contribution in [0.4, 0.5) is 11.5 Å². The Bertz CT molecular complexity index is 629. The van der Waals surface area contributed by atoms with Crippen molar-refractivity contribution in [3.63, 3.8) is 0 Å². The zero-order chi connectivity index (χ0) is 13.1. The number of hydrogen-bond donors (Lipinski definition) is 1. The summed E-state index contributed by atoms with van der Waals surface area (Å²) in [6.45, 7) is 4.00. The molecule has 0 fully saturated rings. The zero-order valence-corrected chi connectivity index (χ0v) is 11.7. The highest BCUT2D eigenvalue weighted by Crippen LogP contribution is 2.28. The molecule has 0 saturated heterocycles. The molecule has 1 aromatic carbocycles. The molecule has 18 heavy (non-hydrogen) atoms. The molecule has 2 aromatic rings. The van der Waals surface area contributed by atoms with Gasteiger partial charge < -0.3 is 5.32 Å². The molecule has 0 aliphatic heterocycles. The molecule has 3 nitrogen and oxygen atoms in total. The van der Waals surface area contributed by atoms with Crippen molar-refractivity contribution in [3.8, 4) is 6.07 Å². The van der Waals surface area contributed by atoms with Crippen molar-refractivity contribution >= 4 is 27.4 Å². The maximum atomic E-state index is 8.92. The first-order chi connectivity index (χ1) is 8.61. The maximum Gasteiger partial charge on any atom is 0.144 e. The van der Waals surface area contributed by atoms with Crippen molar-refractivity contribution < 1.29 is 0 Å². The van der Waals surface area contributed by atoms with Gasteiger partial charge in [0.05, 0.1) is 16.1 Å². The number of aryl methyl sites for hydroxylation is 2. The van der Waals surface area contributed by atoms with Gasteiger partial charge in [-0.25, -0.2) is 4.98 Å². The van der Waals surface area contributed by atoms with Gasteiger partial charge in [0, 0.05) is 11.9 Å². The van der Waals surface area contributed by atoms with Gasteiger partial charge in [0.1, 0.15) is 5.82 Å². The molecule has 2 rings (SSSR count). The minimum absolute atomic E-state index is 0.631. The molecular formula is C14H12BrN3. The standard InChI is InChI=1S/C14H12BrN3/c1-9-3-4-11(8-16)7-12(9)18-14-13(15)10(2)5-6-17-14/h3-7H,1-2H3,(H,17,18). The molecule has 4 heteroatoms. The van der Waals surface area contributed by atoms with Crippen molar-refractivity contribution in [2.24, 2.45) is 0 Å². The smallest absolute Gasteiger partial charge is 0.144 e. The Morgan fingerprint density at radius 3 is 2.72 bits per heavy atom. The molecule has 0 aliphatic carbocycles. The summed E-state index contributed by atoms with van der Waals surface area (Å²) in [6, 6.07) is 9.62. The van der Waals surface area contributed by atoms with Gasteiger partial charge in [-0.15, -0.1) is 0 Å². The van der Waals surface area contributed by atoms with Crippen LogP contribution < -0.4 is 5.32 Å². The van der Waals surface area contributed by atoms with E-state index in [0.717, 1.165) is 27.1 Å². The molecule has 0 bridgehead atoms. The summed E-state index contributed by atoms with van der Waals surface area (Å²) < 4.78 is 0.937. The Balaban J connectivity index is 2.40. The summed E-state index contributed by atoms with van der Waals surface area (Å²) >= 11 is 3.51. The van der Waals surface area contributed by atoms with E-state index >= 15 is 0 Å². The first-order valence-electron chi connectivity index (χ1n) is 5.50. The average Bonchev–Trinajstić information content (AvgIpc) is 2.37. The lowest BCUT2D eigenvalue weighted by Crippen LogP contribution is -1.98. The van der Waals surface area contributed by atoms with Crippen LogP contribution in [-0.4, -0.2) is 4.98 Å². The second-order valence-electron chi connectivity index (χ2n) is 4.06. The lowest BCUT2D eigenvalue weighted by Gasteiger charge is -2.11. The number of rotatable bonds is 2. The predicted molar refractivity (Wildman–Crippen MR) is 75.9 cm³/mol. The van der Waals surface area contributed by atoms with E-state index in [1.165, 1.54) is 0 Å². The van der Waals surface area contributed by atoms with Crippen LogP contribution in [0.2, 0.25) is 0 Å². The van der Waals surface area contributed by atoms with Crippen LogP contribution in [0.15, 0.2) is 34.9 Å². The zero-order valence-electron chi connectivity index (χ0n) is 10.2. The van der Waals surface area contributed by atoms with Crippen LogP contribution in [0.5, 0.6) is 0 Å². The number of halogens is 1. The number of nitrogens with one attached hydrogen (secondary N) is 1. The number of nitrogens with zero attached hydrogens (tertiary/aromatic N) is 2. The van der Waals surface area contributed by atoms with Gasteiger partial charge in [0.15, 0.2) is 0 Å². The predicted octanol–water partition coefficient (Wildman–Crippen LogP) is 4.08. The van der Waals surface area contributed by atoms with Gasteiger partial charge >= 0.3 is 0 Å². The SMILES string of the molecule is Cc1ccc(C#N)cc1Nc1nccc(C)c1Br. The van der Waals surface area contributed by atoms with E-state index in [0.29, 0.717) is 5.56 Å². The Morgan fingerprint density at radius 1 is 1.22 bits per heavy atom. The minimum Gasteiger partial charge on any atom is -0.339 e. The van der Waals surface area contributed by atoms with Crippen LogP contribution in [0.1, 0.15) is 16.7 Å². The molecule has 0 radical (unpaired) electrons. The first kappa shape index (κ1) is 12.6. The van der Waals surface area contributed by atoms with E-state index in [1.807, 2.05) is 32.0 Å². The highest BCUT2D eigenvalue weighted by atomic mass is 79.9. The Morgan fingerprint density at radius 2 is 2.00 bits per heavy atom. The van der Waals surface area contributed by atoms with Crippen LogP contribution >= 0.6 is 15.9 Å². The third-order valence-corrected chi connectivity index (χ3v) is 3.70. The van der Waals surface area contributed by atoms with Gasteiger partial charge in [-0.1, -0.05) is 6.07 Å². The van der Waals surface area contributed by atoms with Crippen molar-refractivity contribution in [2.45, 2.75) is 13.8 Å². The lowest BCUT2D eigenvalue weighted by atomic mass is 10.1. The number of anilines is 2. The van der Waals surface area contributed by atoms with Crippen molar-refractivity contribution in [1.29, 1.82) is 5.26 Å². The Kier molecular flexibility index (Phi) is 3.63. The molecule has 90 valence electrons. The fraction of sp³-hybridized carbons (Fsp3) is 0.143. The van der Waals surface area contributed by atoms with Gasteiger partial charge in [-0.3, -0.25) is 0 Å². The van der Waals surface area contributed by atoms with Crippen molar-refractivity contribution in [2.75, 3.05) is 5.32 Å². The van der Waals surface area contributed by atoms with E-state index in [1.54, 1.807) is 12.3 Å². The van der Waals surface area contributed by atoms with E-state index in [4.69, 9.17) is 5.26 Å². The molecule has 0 unspecified atom stereocenters.